The van der Waals surface area contributed by atoms with Gasteiger partial charge in [-0.15, -0.1) is 0 Å². The molecule has 2 aromatic rings. The number of nitrogens with one attached hydrogen (secondary N) is 2. The van der Waals surface area contributed by atoms with Gasteiger partial charge in [-0.05, 0) is 31.5 Å². The zero-order valence-corrected chi connectivity index (χ0v) is 10.9. The number of halogens is 2. The van der Waals surface area contributed by atoms with Crippen molar-refractivity contribution in [3.63, 3.8) is 0 Å². The molecule has 21 heavy (non-hydrogen) atoms. The van der Waals surface area contributed by atoms with Crippen LogP contribution in [0, 0.1) is 11.6 Å². The Bertz CT molecular complexity index is 648. The van der Waals surface area contributed by atoms with E-state index in [0.29, 0.717) is 5.89 Å². The van der Waals surface area contributed by atoms with Crippen LogP contribution in [0.4, 0.5) is 14.5 Å². The average molecular weight is 294 g/mol. The first-order valence-corrected chi connectivity index (χ1v) is 6.47. The molecule has 1 atom stereocenters. The Morgan fingerprint density at radius 2 is 2.14 bits per heavy atom. The Balaban J connectivity index is 1.76. The molecule has 8 heteroatoms. The third kappa shape index (κ3) is 2.75. The molecule has 0 bridgehead atoms. The summed E-state index contributed by atoms with van der Waals surface area (Å²) in [6, 6.07) is 3.22. The van der Waals surface area contributed by atoms with Gasteiger partial charge in [0.25, 0.3) is 11.7 Å². The normalized spacial score (nSPS) is 17.9. The number of carbonyl (C=O) groups is 1. The van der Waals surface area contributed by atoms with Crippen molar-refractivity contribution in [2.45, 2.75) is 18.9 Å². The molecule has 1 aliphatic rings. The van der Waals surface area contributed by atoms with Gasteiger partial charge >= 0.3 is 0 Å². The summed E-state index contributed by atoms with van der Waals surface area (Å²) in [5, 5.41) is 8.78. The number of aromatic nitrogens is 2. The van der Waals surface area contributed by atoms with E-state index in [1.807, 2.05) is 0 Å². The van der Waals surface area contributed by atoms with E-state index in [4.69, 9.17) is 4.52 Å². The summed E-state index contributed by atoms with van der Waals surface area (Å²) in [6.07, 6.45) is 1.82. The molecule has 1 aromatic heterocycles. The first kappa shape index (κ1) is 13.6. The maximum Gasteiger partial charge on any atom is 0.297 e. The largest absolute Gasteiger partial charge is 0.337 e. The van der Waals surface area contributed by atoms with E-state index >= 15 is 0 Å². The fourth-order valence-electron chi connectivity index (χ4n) is 2.15. The van der Waals surface area contributed by atoms with Gasteiger partial charge < -0.3 is 15.2 Å². The summed E-state index contributed by atoms with van der Waals surface area (Å²) in [7, 11) is 0. The highest BCUT2D eigenvalue weighted by molar-refractivity contribution is 6.01. The van der Waals surface area contributed by atoms with Gasteiger partial charge in [0.15, 0.2) is 0 Å². The van der Waals surface area contributed by atoms with Crippen LogP contribution in [0.1, 0.15) is 35.4 Å². The lowest BCUT2D eigenvalue weighted by atomic mass is 10.2. The summed E-state index contributed by atoms with van der Waals surface area (Å²) >= 11 is 0. The molecule has 1 fully saturated rings. The smallest absolute Gasteiger partial charge is 0.297 e. The van der Waals surface area contributed by atoms with E-state index in [0.717, 1.165) is 31.5 Å². The molecule has 2 heterocycles. The summed E-state index contributed by atoms with van der Waals surface area (Å²) in [6.45, 7) is 0.842. The minimum atomic E-state index is -0.871. The number of hydrogen-bond acceptors (Lipinski definition) is 5. The van der Waals surface area contributed by atoms with Crippen molar-refractivity contribution in [2.75, 3.05) is 11.9 Å². The third-order valence-corrected chi connectivity index (χ3v) is 3.20. The lowest BCUT2D eigenvalue weighted by Crippen LogP contribution is -2.17. The summed E-state index contributed by atoms with van der Waals surface area (Å²) in [4.78, 5) is 15.8. The third-order valence-electron chi connectivity index (χ3n) is 3.20. The highest BCUT2D eigenvalue weighted by Crippen LogP contribution is 2.22. The maximum absolute atomic E-state index is 13.4. The van der Waals surface area contributed by atoms with Crippen molar-refractivity contribution < 1.29 is 18.1 Å². The topological polar surface area (TPSA) is 80.0 Å². The van der Waals surface area contributed by atoms with Gasteiger partial charge in [-0.3, -0.25) is 4.79 Å². The summed E-state index contributed by atoms with van der Waals surface area (Å²) < 4.78 is 31.9. The minimum absolute atomic E-state index is 0.0794. The van der Waals surface area contributed by atoms with Crippen molar-refractivity contribution in [3.8, 4) is 0 Å². The van der Waals surface area contributed by atoms with Gasteiger partial charge in [-0.2, -0.15) is 4.98 Å². The average Bonchev–Trinajstić information content (AvgIpc) is 3.12. The van der Waals surface area contributed by atoms with Crippen molar-refractivity contribution in [1.82, 2.24) is 15.5 Å². The highest BCUT2D eigenvalue weighted by atomic mass is 19.1. The number of benzene rings is 1. The van der Waals surface area contributed by atoms with Crippen LogP contribution in [0.2, 0.25) is 0 Å². The molecule has 0 spiro atoms. The quantitative estimate of drug-likeness (QED) is 0.905. The monoisotopic (exact) mass is 294 g/mol. The summed E-state index contributed by atoms with van der Waals surface area (Å²) in [5.41, 5.74) is -0.534. The molecule has 1 amide bonds. The van der Waals surface area contributed by atoms with Crippen LogP contribution in [0.15, 0.2) is 22.7 Å². The van der Waals surface area contributed by atoms with Crippen LogP contribution in [0.25, 0.3) is 0 Å². The standard InChI is InChI=1S/C13H12F2N4O2/c14-7-3-1-4-8(15)10(7)17-12(20)11-18-13(21-19-11)9-5-2-6-16-9/h1,3-4,9,16H,2,5-6H2,(H,17,20). The molecule has 1 unspecified atom stereocenters. The van der Waals surface area contributed by atoms with E-state index in [1.165, 1.54) is 6.07 Å². The number of amides is 1. The zero-order valence-electron chi connectivity index (χ0n) is 10.9. The first-order valence-electron chi connectivity index (χ1n) is 6.47. The van der Waals surface area contributed by atoms with Crippen LogP contribution >= 0.6 is 0 Å². The molecule has 1 saturated heterocycles. The molecular formula is C13H12F2N4O2. The van der Waals surface area contributed by atoms with E-state index in [1.54, 1.807) is 0 Å². The predicted octanol–water partition coefficient (Wildman–Crippen LogP) is 2.02. The Labute approximate surface area is 118 Å². The predicted molar refractivity (Wildman–Crippen MR) is 68.6 cm³/mol. The van der Waals surface area contributed by atoms with Gasteiger partial charge in [0.1, 0.15) is 17.3 Å². The Kier molecular flexibility index (Phi) is 3.61. The number of hydrogen-bond donors (Lipinski definition) is 2. The van der Waals surface area contributed by atoms with Crippen molar-refractivity contribution in [1.29, 1.82) is 0 Å². The second kappa shape index (κ2) is 5.57. The molecule has 6 nitrogen and oxygen atoms in total. The zero-order chi connectivity index (χ0) is 14.8. The molecule has 0 aliphatic carbocycles. The van der Waals surface area contributed by atoms with Crippen LogP contribution in [-0.2, 0) is 0 Å². The first-order chi connectivity index (χ1) is 10.1. The molecule has 0 saturated carbocycles. The Hall–Kier alpha value is -2.35. The molecule has 2 N–H and O–H groups in total. The van der Waals surface area contributed by atoms with E-state index < -0.39 is 23.2 Å². The Morgan fingerprint density at radius 3 is 2.81 bits per heavy atom. The number of para-hydroxylation sites is 1. The molecule has 3 rings (SSSR count). The lowest BCUT2D eigenvalue weighted by Gasteiger charge is -2.04. The van der Waals surface area contributed by atoms with Gasteiger partial charge in [0, 0.05) is 0 Å². The van der Waals surface area contributed by atoms with Crippen LogP contribution in [0.3, 0.4) is 0 Å². The molecule has 110 valence electrons. The summed E-state index contributed by atoms with van der Waals surface area (Å²) in [5.74, 6) is -2.53. The number of nitrogens with zero attached hydrogens (tertiary/aromatic N) is 2. The number of carbonyl (C=O) groups excluding carboxylic acids is 1. The molecule has 1 aliphatic heterocycles. The maximum atomic E-state index is 13.4. The van der Waals surface area contributed by atoms with Gasteiger partial charge in [0.05, 0.1) is 6.04 Å². The Morgan fingerprint density at radius 1 is 1.38 bits per heavy atom. The van der Waals surface area contributed by atoms with E-state index in [2.05, 4.69) is 20.8 Å². The second-order valence-corrected chi connectivity index (χ2v) is 4.66. The number of anilines is 1. The second-order valence-electron chi connectivity index (χ2n) is 4.66. The number of rotatable bonds is 3. The van der Waals surface area contributed by atoms with Crippen LogP contribution in [0.5, 0.6) is 0 Å². The van der Waals surface area contributed by atoms with Crippen molar-refractivity contribution in [3.05, 3.63) is 41.5 Å². The van der Waals surface area contributed by atoms with E-state index in [9.17, 15) is 13.6 Å². The molecule has 1 aromatic carbocycles. The van der Waals surface area contributed by atoms with Gasteiger partial charge in [-0.1, -0.05) is 11.2 Å². The minimum Gasteiger partial charge on any atom is -0.337 e. The molecular weight excluding hydrogens is 282 g/mol. The van der Waals surface area contributed by atoms with Crippen LogP contribution < -0.4 is 10.6 Å². The SMILES string of the molecule is O=C(Nc1c(F)cccc1F)c1noc(C2CCCN2)n1. The lowest BCUT2D eigenvalue weighted by molar-refractivity contribution is 0.101. The van der Waals surface area contributed by atoms with Gasteiger partial charge in [-0.25, -0.2) is 8.78 Å². The fourth-order valence-corrected chi connectivity index (χ4v) is 2.15. The van der Waals surface area contributed by atoms with E-state index in [-0.39, 0.29) is 11.9 Å². The highest BCUT2D eigenvalue weighted by Gasteiger charge is 2.25. The molecule has 0 radical (unpaired) electrons. The van der Waals surface area contributed by atoms with Crippen molar-refractivity contribution >= 4 is 11.6 Å². The van der Waals surface area contributed by atoms with Crippen LogP contribution in [-0.4, -0.2) is 22.6 Å². The van der Waals surface area contributed by atoms with Gasteiger partial charge in [0.2, 0.25) is 5.89 Å². The fraction of sp³-hybridized carbons (Fsp3) is 0.308. The van der Waals surface area contributed by atoms with Crippen molar-refractivity contribution in [2.24, 2.45) is 0 Å².